The Morgan fingerprint density at radius 2 is 0.400 bits per heavy atom. The average Bonchev–Trinajstić information content (AvgIpc) is 3.05. The van der Waals surface area contributed by atoms with E-state index in [1.807, 2.05) is 0 Å². The summed E-state index contributed by atoms with van der Waals surface area (Å²) in [5, 5.41) is 0. The lowest BCUT2D eigenvalue weighted by Crippen LogP contribution is -1.77. The van der Waals surface area contributed by atoms with Crippen molar-refractivity contribution in [3.05, 3.63) is 0 Å². The van der Waals surface area contributed by atoms with Crippen molar-refractivity contribution in [3.8, 4) is 0 Å². The molecule has 0 aromatic carbocycles. The van der Waals surface area contributed by atoms with Crippen LogP contribution in [0.1, 0.15) is 261 Å². The molecule has 0 bridgehead atoms. The lowest BCUT2D eigenvalue weighted by atomic mass is 10.1. The predicted molar refractivity (Wildman–Crippen MR) is 210 cm³/mol. The SMILES string of the molecule is CCCCCCCCCC.CCCCCCCCCC.CCCCCCCCCC.CCCCCCCCCC.CO[P+](=O)O. The van der Waals surface area contributed by atoms with Crippen LogP contribution in [0.5, 0.6) is 0 Å². The molecule has 0 heterocycles. The molecule has 0 radical (unpaired) electrons. The Kier molecular flexibility index (Phi) is 76.0. The van der Waals surface area contributed by atoms with Crippen LogP contribution in [0, 0.1) is 0 Å². The molecule has 278 valence electrons. The number of rotatable bonds is 29. The average molecular weight is 664 g/mol. The van der Waals surface area contributed by atoms with E-state index in [4.69, 9.17) is 4.89 Å². The van der Waals surface area contributed by atoms with Gasteiger partial charge in [-0.05, 0) is 0 Å². The van der Waals surface area contributed by atoms with Gasteiger partial charge in [0.2, 0.25) is 0 Å². The summed E-state index contributed by atoms with van der Waals surface area (Å²) in [6.45, 7) is 18.2. The molecule has 0 spiro atoms. The molecule has 0 amide bonds. The van der Waals surface area contributed by atoms with Gasteiger partial charge in [0.15, 0.2) is 0 Å². The Labute approximate surface area is 289 Å². The van der Waals surface area contributed by atoms with Crippen molar-refractivity contribution in [1.29, 1.82) is 0 Å². The third kappa shape index (κ3) is 86.2. The van der Waals surface area contributed by atoms with Gasteiger partial charge in [0.05, 0.1) is 7.11 Å². The van der Waals surface area contributed by atoms with Gasteiger partial charge in [-0.2, -0.15) is 0 Å². The second-order valence-electron chi connectivity index (χ2n) is 12.9. The summed E-state index contributed by atoms with van der Waals surface area (Å²) in [4.78, 5) is 7.65. The van der Waals surface area contributed by atoms with Gasteiger partial charge in [-0.1, -0.05) is 261 Å². The first kappa shape index (κ1) is 54.5. The van der Waals surface area contributed by atoms with E-state index in [1.54, 1.807) is 0 Å². The summed E-state index contributed by atoms with van der Waals surface area (Å²) in [5.41, 5.74) is 0. The maximum Gasteiger partial charge on any atom is 0.694 e. The summed E-state index contributed by atoms with van der Waals surface area (Å²) in [7, 11) is -1.18. The zero-order valence-corrected chi connectivity index (χ0v) is 34.2. The third-order valence-corrected chi connectivity index (χ3v) is 8.30. The standard InChI is InChI=1S/4C10H22.CH3O3P/c4*1-3-5-7-9-10-8-6-4-2;1-4-5(2)3/h4*3-10H2,1-2H3;1H3/p+1. The van der Waals surface area contributed by atoms with E-state index in [1.165, 1.54) is 213 Å². The number of unbranched alkanes of at least 4 members (excludes halogenated alkanes) is 28. The Balaban J connectivity index is -0.000000150. The van der Waals surface area contributed by atoms with Crippen molar-refractivity contribution in [2.45, 2.75) is 261 Å². The van der Waals surface area contributed by atoms with Crippen LogP contribution in [0.4, 0.5) is 0 Å². The molecule has 0 aliphatic rings. The molecule has 0 aliphatic heterocycles. The highest BCUT2D eigenvalue weighted by atomic mass is 31.1. The van der Waals surface area contributed by atoms with Crippen molar-refractivity contribution in [2.24, 2.45) is 0 Å². The molecule has 1 N–H and O–H groups in total. The van der Waals surface area contributed by atoms with Crippen molar-refractivity contribution in [3.63, 3.8) is 0 Å². The second-order valence-corrected chi connectivity index (χ2v) is 13.7. The molecule has 45 heavy (non-hydrogen) atoms. The van der Waals surface area contributed by atoms with Crippen LogP contribution in [-0.2, 0) is 9.09 Å². The van der Waals surface area contributed by atoms with Crippen molar-refractivity contribution in [2.75, 3.05) is 7.11 Å². The van der Waals surface area contributed by atoms with Crippen LogP contribution >= 0.6 is 8.25 Å². The zero-order chi connectivity index (χ0) is 34.9. The van der Waals surface area contributed by atoms with Gasteiger partial charge in [-0.3, -0.25) is 0 Å². The lowest BCUT2D eigenvalue weighted by molar-refractivity contribution is 0.343. The molecular weight excluding hydrogens is 571 g/mol. The molecule has 4 heteroatoms. The van der Waals surface area contributed by atoms with Gasteiger partial charge in [0.1, 0.15) is 0 Å². The second kappa shape index (κ2) is 62.8. The van der Waals surface area contributed by atoms with Crippen LogP contribution < -0.4 is 0 Å². The minimum absolute atomic E-state index is 1.17. The minimum Gasteiger partial charge on any atom is -0.133 e. The maximum atomic E-state index is 9.29. The van der Waals surface area contributed by atoms with Gasteiger partial charge in [-0.15, -0.1) is 9.42 Å². The van der Waals surface area contributed by atoms with Crippen molar-refractivity contribution >= 4 is 8.25 Å². The first-order valence-corrected chi connectivity index (χ1v) is 21.8. The van der Waals surface area contributed by atoms with Crippen LogP contribution in [0.2, 0.25) is 0 Å². The van der Waals surface area contributed by atoms with Gasteiger partial charge in [0, 0.05) is 4.57 Å². The fourth-order valence-corrected chi connectivity index (χ4v) is 4.83. The van der Waals surface area contributed by atoms with E-state index < -0.39 is 8.25 Å². The summed E-state index contributed by atoms with van der Waals surface area (Å²) in [6, 6.07) is 0. The molecule has 1 unspecified atom stereocenters. The molecular formula is C41H92O3P+. The molecule has 0 rings (SSSR count). The van der Waals surface area contributed by atoms with Crippen LogP contribution in [0.15, 0.2) is 0 Å². The Bertz CT molecular complexity index is 335. The monoisotopic (exact) mass is 664 g/mol. The molecule has 0 fully saturated rings. The Morgan fingerprint density at radius 1 is 0.311 bits per heavy atom. The molecule has 0 saturated carbocycles. The summed E-state index contributed by atoms with van der Waals surface area (Å²) in [5.74, 6) is 0. The first-order chi connectivity index (χ1) is 21.9. The topological polar surface area (TPSA) is 46.5 Å². The van der Waals surface area contributed by atoms with Crippen molar-refractivity contribution < 1.29 is 14.0 Å². The van der Waals surface area contributed by atoms with Crippen LogP contribution in [0.25, 0.3) is 0 Å². The molecule has 1 atom stereocenters. The van der Waals surface area contributed by atoms with Crippen LogP contribution in [-0.4, -0.2) is 12.0 Å². The van der Waals surface area contributed by atoms with E-state index in [0.717, 1.165) is 0 Å². The highest BCUT2D eigenvalue weighted by Gasteiger charge is 2.02. The highest BCUT2D eigenvalue weighted by Crippen LogP contribution is 2.11. The number of hydrogen-bond acceptors (Lipinski definition) is 2. The van der Waals surface area contributed by atoms with E-state index >= 15 is 0 Å². The molecule has 0 aromatic heterocycles. The van der Waals surface area contributed by atoms with Gasteiger partial charge >= 0.3 is 8.25 Å². The van der Waals surface area contributed by atoms with Gasteiger partial charge in [0.25, 0.3) is 0 Å². The van der Waals surface area contributed by atoms with Gasteiger partial charge < -0.3 is 0 Å². The zero-order valence-electron chi connectivity index (χ0n) is 33.3. The quantitative estimate of drug-likeness (QED) is 0.0640. The fraction of sp³-hybridized carbons (Fsp3) is 1.00. The molecule has 0 saturated heterocycles. The summed E-state index contributed by atoms with van der Waals surface area (Å²) < 4.78 is 13.1. The fourth-order valence-electron chi connectivity index (χ4n) is 4.83. The van der Waals surface area contributed by atoms with Crippen molar-refractivity contribution in [1.82, 2.24) is 0 Å². The van der Waals surface area contributed by atoms with Crippen LogP contribution in [0.3, 0.4) is 0 Å². The van der Waals surface area contributed by atoms with E-state index in [9.17, 15) is 4.57 Å². The normalized spacial score (nSPS) is 10.3. The summed E-state index contributed by atoms with van der Waals surface area (Å²) in [6.07, 6.45) is 45.8. The molecule has 0 aromatic rings. The van der Waals surface area contributed by atoms with E-state index in [0.29, 0.717) is 0 Å². The third-order valence-electron chi connectivity index (χ3n) is 7.98. The molecule has 3 nitrogen and oxygen atoms in total. The number of hydrogen-bond donors (Lipinski definition) is 1. The largest absolute Gasteiger partial charge is 0.694 e. The maximum absolute atomic E-state index is 9.29. The van der Waals surface area contributed by atoms with E-state index in [2.05, 4.69) is 59.9 Å². The van der Waals surface area contributed by atoms with Gasteiger partial charge in [-0.25, -0.2) is 0 Å². The predicted octanol–water partition coefficient (Wildman–Crippen LogP) is 16.9. The molecule has 0 aliphatic carbocycles. The Hall–Kier alpha value is 0.0200. The minimum atomic E-state index is -2.35. The highest BCUT2D eigenvalue weighted by molar-refractivity contribution is 7.32. The smallest absolute Gasteiger partial charge is 0.133 e. The summed E-state index contributed by atoms with van der Waals surface area (Å²) >= 11 is 0. The first-order valence-electron chi connectivity index (χ1n) is 20.6. The lowest BCUT2D eigenvalue weighted by Gasteiger charge is -1.97. The Morgan fingerprint density at radius 3 is 0.467 bits per heavy atom. The van der Waals surface area contributed by atoms with E-state index in [-0.39, 0.29) is 0 Å².